The Morgan fingerprint density at radius 2 is 2.03 bits per heavy atom. The van der Waals surface area contributed by atoms with Crippen LogP contribution >= 0.6 is 22.9 Å². The van der Waals surface area contributed by atoms with E-state index >= 15 is 0 Å². The van der Waals surface area contributed by atoms with Crippen molar-refractivity contribution in [2.24, 2.45) is 0 Å². The number of nitrogens with zero attached hydrogens (tertiary/aromatic N) is 1. The standard InChI is InChI=1S/C22H17ClN2O4S/c1-12-8-20(27)29-18-10-16(6-7-17(12)18)28-11-19(26)24-22-25-21(13(2)30-22)14-4-3-5-15(23)9-14/h3-10H,11H2,1-2H3,(H,24,25,26). The first-order valence-electron chi connectivity index (χ1n) is 9.09. The fourth-order valence-electron chi connectivity index (χ4n) is 3.05. The summed E-state index contributed by atoms with van der Waals surface area (Å²) in [6.07, 6.45) is 0. The van der Waals surface area contributed by atoms with Crippen molar-refractivity contribution < 1.29 is 13.9 Å². The minimum atomic E-state index is -0.426. The van der Waals surface area contributed by atoms with Crippen molar-refractivity contribution in [1.82, 2.24) is 4.98 Å². The number of ether oxygens (including phenoxy) is 1. The molecule has 0 unspecified atom stereocenters. The number of thiazole rings is 1. The van der Waals surface area contributed by atoms with E-state index in [9.17, 15) is 9.59 Å². The number of halogens is 1. The maximum Gasteiger partial charge on any atom is 0.336 e. The average molecular weight is 441 g/mol. The number of anilines is 1. The van der Waals surface area contributed by atoms with Gasteiger partial charge in [0.05, 0.1) is 5.69 Å². The molecular weight excluding hydrogens is 424 g/mol. The van der Waals surface area contributed by atoms with Gasteiger partial charge in [0.2, 0.25) is 0 Å². The summed E-state index contributed by atoms with van der Waals surface area (Å²) < 4.78 is 10.7. The molecular formula is C22H17ClN2O4S. The molecule has 0 saturated heterocycles. The summed E-state index contributed by atoms with van der Waals surface area (Å²) in [5.41, 5.74) is 2.48. The molecule has 2 aromatic heterocycles. The molecule has 1 amide bonds. The Labute approximate surface area is 181 Å². The molecule has 2 aromatic carbocycles. The monoisotopic (exact) mass is 440 g/mol. The van der Waals surface area contributed by atoms with E-state index in [4.69, 9.17) is 20.8 Å². The molecule has 0 spiro atoms. The Hall–Kier alpha value is -3.16. The van der Waals surface area contributed by atoms with E-state index in [-0.39, 0.29) is 12.5 Å². The van der Waals surface area contributed by atoms with Crippen LogP contribution < -0.4 is 15.7 Å². The first kappa shape index (κ1) is 20.1. The molecule has 0 saturated carbocycles. The minimum absolute atomic E-state index is 0.202. The summed E-state index contributed by atoms with van der Waals surface area (Å²) in [5, 5.41) is 4.68. The third kappa shape index (κ3) is 4.37. The molecule has 30 heavy (non-hydrogen) atoms. The van der Waals surface area contributed by atoms with Crippen LogP contribution in [0.2, 0.25) is 5.02 Å². The Balaban J connectivity index is 1.44. The van der Waals surface area contributed by atoms with Crippen LogP contribution in [0.3, 0.4) is 0 Å². The highest BCUT2D eigenvalue weighted by Crippen LogP contribution is 2.31. The zero-order valence-electron chi connectivity index (χ0n) is 16.2. The van der Waals surface area contributed by atoms with Crippen LogP contribution in [0.1, 0.15) is 10.4 Å². The normalized spacial score (nSPS) is 10.9. The summed E-state index contributed by atoms with van der Waals surface area (Å²) in [4.78, 5) is 29.3. The zero-order valence-corrected chi connectivity index (χ0v) is 17.8. The molecule has 0 aliphatic rings. The van der Waals surface area contributed by atoms with E-state index in [0.717, 1.165) is 27.1 Å². The second-order valence-electron chi connectivity index (χ2n) is 6.68. The quantitative estimate of drug-likeness (QED) is 0.431. The Bertz CT molecular complexity index is 1310. The number of benzene rings is 2. The fraction of sp³-hybridized carbons (Fsp3) is 0.136. The number of rotatable bonds is 5. The number of aryl methyl sites for hydroxylation is 2. The molecule has 6 nitrogen and oxygen atoms in total. The summed E-state index contributed by atoms with van der Waals surface area (Å²) in [7, 11) is 0. The van der Waals surface area contributed by atoms with Crippen molar-refractivity contribution in [2.45, 2.75) is 13.8 Å². The van der Waals surface area contributed by atoms with Gasteiger partial charge >= 0.3 is 5.63 Å². The van der Waals surface area contributed by atoms with E-state index in [2.05, 4.69) is 10.3 Å². The number of hydrogen-bond donors (Lipinski definition) is 1. The van der Waals surface area contributed by atoms with Gasteiger partial charge in [-0.05, 0) is 43.7 Å². The first-order chi connectivity index (χ1) is 14.4. The molecule has 2 heterocycles. The first-order valence-corrected chi connectivity index (χ1v) is 10.3. The molecule has 0 aliphatic heterocycles. The molecule has 0 atom stereocenters. The number of aromatic nitrogens is 1. The van der Waals surface area contributed by atoms with Crippen molar-refractivity contribution >= 4 is 44.9 Å². The number of fused-ring (bicyclic) bond motifs is 1. The SMILES string of the molecule is Cc1sc(NC(=O)COc2ccc3c(C)cc(=O)oc3c2)nc1-c1cccc(Cl)c1. The van der Waals surface area contributed by atoms with Gasteiger partial charge in [-0.1, -0.05) is 23.7 Å². The summed E-state index contributed by atoms with van der Waals surface area (Å²) in [6.45, 7) is 3.57. The highest BCUT2D eigenvalue weighted by Gasteiger charge is 2.13. The Morgan fingerprint density at radius 3 is 2.83 bits per heavy atom. The van der Waals surface area contributed by atoms with Gasteiger partial charge in [-0.15, -0.1) is 11.3 Å². The van der Waals surface area contributed by atoms with Gasteiger partial charge in [-0.25, -0.2) is 9.78 Å². The number of amides is 1. The lowest BCUT2D eigenvalue weighted by molar-refractivity contribution is -0.118. The number of carbonyl (C=O) groups excluding carboxylic acids is 1. The van der Waals surface area contributed by atoms with Crippen molar-refractivity contribution in [3.63, 3.8) is 0 Å². The lowest BCUT2D eigenvalue weighted by Crippen LogP contribution is -2.20. The molecule has 0 aliphatic carbocycles. The molecule has 0 radical (unpaired) electrons. The largest absolute Gasteiger partial charge is 0.484 e. The van der Waals surface area contributed by atoms with E-state index in [0.29, 0.717) is 21.5 Å². The molecule has 4 aromatic rings. The van der Waals surface area contributed by atoms with Gasteiger partial charge in [0.25, 0.3) is 5.91 Å². The van der Waals surface area contributed by atoms with E-state index in [1.807, 2.05) is 32.0 Å². The van der Waals surface area contributed by atoms with Crippen molar-refractivity contribution in [1.29, 1.82) is 0 Å². The Morgan fingerprint density at radius 1 is 1.20 bits per heavy atom. The lowest BCUT2D eigenvalue weighted by Gasteiger charge is -2.07. The summed E-state index contributed by atoms with van der Waals surface area (Å²) >= 11 is 7.44. The molecule has 152 valence electrons. The molecule has 0 bridgehead atoms. The van der Waals surface area contributed by atoms with Gasteiger partial charge < -0.3 is 9.15 Å². The van der Waals surface area contributed by atoms with Gasteiger partial charge in [0.1, 0.15) is 11.3 Å². The number of nitrogens with one attached hydrogen (secondary N) is 1. The number of hydrogen-bond acceptors (Lipinski definition) is 6. The molecule has 1 N–H and O–H groups in total. The molecule has 0 fully saturated rings. The van der Waals surface area contributed by atoms with Crippen LogP contribution in [0.5, 0.6) is 5.75 Å². The maximum absolute atomic E-state index is 12.3. The highest BCUT2D eigenvalue weighted by molar-refractivity contribution is 7.16. The summed E-state index contributed by atoms with van der Waals surface area (Å²) in [6, 6.07) is 14.0. The minimum Gasteiger partial charge on any atom is -0.484 e. The molecule has 8 heteroatoms. The van der Waals surface area contributed by atoms with Crippen molar-refractivity contribution in [3.8, 4) is 17.0 Å². The van der Waals surface area contributed by atoms with E-state index in [1.54, 1.807) is 24.3 Å². The predicted octanol–water partition coefficient (Wildman–Crippen LogP) is 5.20. The van der Waals surface area contributed by atoms with Crippen LogP contribution in [-0.4, -0.2) is 17.5 Å². The van der Waals surface area contributed by atoms with Crippen LogP contribution in [0, 0.1) is 13.8 Å². The number of carbonyl (C=O) groups is 1. The fourth-order valence-corrected chi connectivity index (χ4v) is 4.10. The van der Waals surface area contributed by atoms with Crippen LogP contribution in [0.15, 0.2) is 57.7 Å². The maximum atomic E-state index is 12.3. The summed E-state index contributed by atoms with van der Waals surface area (Å²) in [5.74, 6) is 0.0912. The third-order valence-electron chi connectivity index (χ3n) is 4.43. The highest BCUT2D eigenvalue weighted by atomic mass is 35.5. The zero-order chi connectivity index (χ0) is 21.3. The second kappa shape index (κ2) is 8.30. The van der Waals surface area contributed by atoms with Crippen LogP contribution in [-0.2, 0) is 4.79 Å². The van der Waals surface area contributed by atoms with Gasteiger partial charge in [0, 0.05) is 33.0 Å². The molecule has 4 rings (SSSR count). The second-order valence-corrected chi connectivity index (χ2v) is 8.32. The predicted molar refractivity (Wildman–Crippen MR) is 119 cm³/mol. The van der Waals surface area contributed by atoms with E-state index in [1.165, 1.54) is 17.4 Å². The topological polar surface area (TPSA) is 81.4 Å². The van der Waals surface area contributed by atoms with Crippen molar-refractivity contribution in [2.75, 3.05) is 11.9 Å². The lowest BCUT2D eigenvalue weighted by atomic mass is 10.1. The van der Waals surface area contributed by atoms with Crippen molar-refractivity contribution in [3.05, 3.63) is 74.4 Å². The van der Waals surface area contributed by atoms with Crippen LogP contribution in [0.25, 0.3) is 22.2 Å². The smallest absolute Gasteiger partial charge is 0.336 e. The van der Waals surface area contributed by atoms with Gasteiger partial charge in [0.15, 0.2) is 11.7 Å². The van der Waals surface area contributed by atoms with Gasteiger partial charge in [-0.3, -0.25) is 10.1 Å². The Kier molecular flexibility index (Phi) is 5.57. The third-order valence-corrected chi connectivity index (χ3v) is 5.56. The van der Waals surface area contributed by atoms with Gasteiger partial charge in [-0.2, -0.15) is 0 Å². The van der Waals surface area contributed by atoms with E-state index < -0.39 is 5.63 Å². The van der Waals surface area contributed by atoms with Crippen LogP contribution in [0.4, 0.5) is 5.13 Å². The average Bonchev–Trinajstić information content (AvgIpc) is 3.06.